The van der Waals surface area contributed by atoms with Gasteiger partial charge in [0.05, 0.1) is 28.7 Å². The molecule has 0 aliphatic heterocycles. The summed E-state index contributed by atoms with van der Waals surface area (Å²) in [5, 5.41) is 21.4. The van der Waals surface area contributed by atoms with E-state index in [9.17, 15) is 9.90 Å². The summed E-state index contributed by atoms with van der Waals surface area (Å²) in [6.07, 6.45) is 0. The van der Waals surface area contributed by atoms with Crippen LogP contribution in [-0.2, 0) is 4.79 Å². The number of aromatic nitrogens is 3. The van der Waals surface area contributed by atoms with Crippen molar-refractivity contribution in [2.45, 2.75) is 5.16 Å². The summed E-state index contributed by atoms with van der Waals surface area (Å²) in [5.41, 5.74) is 0.773. The number of methoxy groups -OCH3 is 1. The van der Waals surface area contributed by atoms with Gasteiger partial charge in [-0.3, -0.25) is 4.57 Å². The van der Waals surface area contributed by atoms with Gasteiger partial charge in [-0.1, -0.05) is 41.6 Å². The molecule has 0 atom stereocenters. The van der Waals surface area contributed by atoms with Gasteiger partial charge >= 0.3 is 0 Å². The lowest BCUT2D eigenvalue weighted by atomic mass is 10.2. The quantitative estimate of drug-likeness (QED) is 0.434. The topological polar surface area (TPSA) is 80.1 Å². The number of carboxylic acids is 1. The smallest absolute Gasteiger partial charge is 0.196 e. The second-order valence-electron chi connectivity index (χ2n) is 5.74. The first-order valence-electron chi connectivity index (χ1n) is 8.18. The number of ether oxygens (including phenoxy) is 1. The molecule has 0 spiro atoms. The minimum absolute atomic E-state index is 0.228. The second kappa shape index (κ2) is 7.83. The monoisotopic (exact) mass is 430 g/mol. The highest BCUT2D eigenvalue weighted by molar-refractivity contribution is 7.99. The lowest BCUT2D eigenvalue weighted by molar-refractivity contribution is -0.301. The minimum Gasteiger partial charge on any atom is -0.549 e. The molecule has 0 saturated heterocycles. The Morgan fingerprint density at radius 1 is 1.21 bits per heavy atom. The Labute approximate surface area is 173 Å². The number of benzene rings is 2. The fourth-order valence-electron chi connectivity index (χ4n) is 2.76. The summed E-state index contributed by atoms with van der Waals surface area (Å²) in [6, 6.07) is 15.2. The maximum atomic E-state index is 10.9. The van der Waals surface area contributed by atoms with Crippen molar-refractivity contribution in [1.82, 2.24) is 14.8 Å². The second-order valence-corrected chi connectivity index (χ2v) is 8.11. The number of carbonyl (C=O) groups is 1. The first-order valence-corrected chi connectivity index (χ1v) is 10.4. The molecular formula is C19H13ClN3O3S2-. The van der Waals surface area contributed by atoms with Gasteiger partial charge in [0.2, 0.25) is 0 Å². The van der Waals surface area contributed by atoms with Crippen molar-refractivity contribution in [2.75, 3.05) is 12.9 Å². The van der Waals surface area contributed by atoms with E-state index in [-0.39, 0.29) is 5.75 Å². The predicted molar refractivity (Wildman–Crippen MR) is 109 cm³/mol. The van der Waals surface area contributed by atoms with Gasteiger partial charge in [-0.15, -0.1) is 21.5 Å². The van der Waals surface area contributed by atoms with Crippen LogP contribution in [0.15, 0.2) is 53.7 Å². The van der Waals surface area contributed by atoms with Crippen LogP contribution in [0.3, 0.4) is 0 Å². The molecular weight excluding hydrogens is 418 g/mol. The van der Waals surface area contributed by atoms with E-state index in [2.05, 4.69) is 10.2 Å². The van der Waals surface area contributed by atoms with E-state index in [1.54, 1.807) is 11.7 Å². The van der Waals surface area contributed by atoms with Crippen molar-refractivity contribution in [3.8, 4) is 22.1 Å². The Balaban J connectivity index is 1.88. The van der Waals surface area contributed by atoms with Crippen molar-refractivity contribution in [3.05, 3.63) is 53.6 Å². The van der Waals surface area contributed by atoms with Crippen molar-refractivity contribution >= 4 is 50.8 Å². The predicted octanol–water partition coefficient (Wildman–Crippen LogP) is 3.65. The van der Waals surface area contributed by atoms with Crippen LogP contribution in [0.2, 0.25) is 5.02 Å². The molecule has 0 amide bonds. The van der Waals surface area contributed by atoms with Crippen LogP contribution < -0.4 is 9.84 Å². The number of hydrogen-bond acceptors (Lipinski definition) is 7. The molecule has 0 aliphatic carbocycles. The molecule has 142 valence electrons. The number of thiophene rings is 1. The Hall–Kier alpha value is -2.55. The molecule has 0 bridgehead atoms. The molecule has 4 rings (SSSR count). The van der Waals surface area contributed by atoms with E-state index in [0.717, 1.165) is 32.4 Å². The molecule has 2 aromatic heterocycles. The van der Waals surface area contributed by atoms with Gasteiger partial charge in [-0.25, -0.2) is 0 Å². The highest BCUT2D eigenvalue weighted by atomic mass is 35.5. The number of thioether (sulfide) groups is 1. The van der Waals surface area contributed by atoms with Gasteiger partial charge in [0, 0.05) is 15.8 Å². The van der Waals surface area contributed by atoms with Crippen LogP contribution in [0.1, 0.15) is 0 Å². The summed E-state index contributed by atoms with van der Waals surface area (Å²) in [4.78, 5) is 11.7. The summed E-state index contributed by atoms with van der Waals surface area (Å²) in [7, 11) is 1.59. The number of aliphatic carboxylic acids is 1. The standard InChI is InChI=1S/C19H14ClN3O3S2/c1-26-12-8-6-11(7-9-12)23-18(21-22-19(23)27-10-15(24)25)17-16(20)13-4-2-3-5-14(13)28-17/h2-9H,10H2,1H3,(H,24,25)/p-1. The molecule has 0 fully saturated rings. The van der Waals surface area contributed by atoms with Gasteiger partial charge in [0.25, 0.3) is 0 Å². The number of halogens is 1. The van der Waals surface area contributed by atoms with Crippen molar-refractivity contribution in [1.29, 1.82) is 0 Å². The number of rotatable bonds is 6. The minimum atomic E-state index is -1.17. The van der Waals surface area contributed by atoms with E-state index >= 15 is 0 Å². The third-order valence-electron chi connectivity index (χ3n) is 4.02. The Morgan fingerprint density at radius 3 is 2.64 bits per heavy atom. The van der Waals surface area contributed by atoms with Crippen LogP contribution in [0, 0.1) is 0 Å². The number of nitrogens with zero attached hydrogens (tertiary/aromatic N) is 3. The van der Waals surface area contributed by atoms with E-state index in [0.29, 0.717) is 21.8 Å². The van der Waals surface area contributed by atoms with E-state index in [4.69, 9.17) is 16.3 Å². The van der Waals surface area contributed by atoms with Crippen molar-refractivity contribution in [2.24, 2.45) is 0 Å². The molecule has 9 heteroatoms. The number of hydrogen-bond donors (Lipinski definition) is 0. The molecule has 0 saturated carbocycles. The van der Waals surface area contributed by atoms with Gasteiger partial charge in [0.1, 0.15) is 5.75 Å². The first kappa shape index (κ1) is 18.8. The third-order valence-corrected chi connectivity index (χ3v) is 6.59. The number of carboxylic acid groups (broad SMARTS) is 1. The third kappa shape index (κ3) is 3.46. The Kier molecular flexibility index (Phi) is 5.25. The van der Waals surface area contributed by atoms with Gasteiger partial charge in [-0.05, 0) is 30.3 Å². The van der Waals surface area contributed by atoms with Gasteiger partial charge < -0.3 is 14.6 Å². The average molecular weight is 431 g/mol. The first-order chi connectivity index (χ1) is 13.6. The van der Waals surface area contributed by atoms with E-state index in [1.165, 1.54) is 11.3 Å². The van der Waals surface area contributed by atoms with Crippen LogP contribution >= 0.6 is 34.7 Å². The Bertz CT molecular complexity index is 1160. The lowest BCUT2D eigenvalue weighted by Gasteiger charge is -2.11. The van der Waals surface area contributed by atoms with E-state index < -0.39 is 5.97 Å². The summed E-state index contributed by atoms with van der Waals surface area (Å²) in [5.74, 6) is -0.135. The lowest BCUT2D eigenvalue weighted by Crippen LogP contribution is -2.24. The zero-order chi connectivity index (χ0) is 19.7. The normalized spacial score (nSPS) is 11.1. The maximum Gasteiger partial charge on any atom is 0.196 e. The van der Waals surface area contributed by atoms with Crippen LogP contribution in [0.4, 0.5) is 0 Å². The highest BCUT2D eigenvalue weighted by Crippen LogP contribution is 2.42. The molecule has 6 nitrogen and oxygen atoms in total. The fourth-order valence-corrected chi connectivity index (χ4v) is 4.91. The summed E-state index contributed by atoms with van der Waals surface area (Å²) in [6.45, 7) is 0. The molecule has 28 heavy (non-hydrogen) atoms. The zero-order valence-corrected chi connectivity index (χ0v) is 17.0. The van der Waals surface area contributed by atoms with E-state index in [1.807, 2.05) is 48.5 Å². The molecule has 0 radical (unpaired) electrons. The largest absolute Gasteiger partial charge is 0.549 e. The summed E-state index contributed by atoms with van der Waals surface area (Å²) >= 11 is 9.19. The highest BCUT2D eigenvalue weighted by Gasteiger charge is 2.21. The van der Waals surface area contributed by atoms with Crippen molar-refractivity contribution in [3.63, 3.8) is 0 Å². The molecule has 2 heterocycles. The molecule has 0 unspecified atom stereocenters. The van der Waals surface area contributed by atoms with Gasteiger partial charge in [-0.2, -0.15) is 0 Å². The molecule has 2 aromatic carbocycles. The van der Waals surface area contributed by atoms with Crippen LogP contribution in [-0.4, -0.2) is 33.6 Å². The number of fused-ring (bicyclic) bond motifs is 1. The van der Waals surface area contributed by atoms with Crippen molar-refractivity contribution < 1.29 is 14.6 Å². The molecule has 0 N–H and O–H groups in total. The van der Waals surface area contributed by atoms with Crippen LogP contribution in [0.5, 0.6) is 5.75 Å². The zero-order valence-electron chi connectivity index (χ0n) is 14.6. The Morgan fingerprint density at radius 2 is 1.96 bits per heavy atom. The average Bonchev–Trinajstić information content (AvgIpc) is 3.27. The molecule has 4 aromatic rings. The number of carbonyl (C=O) groups excluding carboxylic acids is 1. The van der Waals surface area contributed by atoms with Gasteiger partial charge in [0.15, 0.2) is 11.0 Å². The maximum absolute atomic E-state index is 10.9. The SMILES string of the molecule is COc1ccc(-n2c(SCC(=O)[O-])nnc2-c2sc3ccccc3c2Cl)cc1. The molecule has 0 aliphatic rings. The van der Waals surface area contributed by atoms with Crippen LogP contribution in [0.25, 0.3) is 26.5 Å². The fraction of sp³-hybridized carbons (Fsp3) is 0.105. The summed E-state index contributed by atoms with van der Waals surface area (Å²) < 4.78 is 8.05.